The molecule has 12 heteroatoms. The lowest BCUT2D eigenvalue weighted by Crippen LogP contribution is -2.33. The van der Waals surface area contributed by atoms with Gasteiger partial charge in [0.2, 0.25) is 12.3 Å². The summed E-state index contributed by atoms with van der Waals surface area (Å²) >= 11 is 0. The van der Waals surface area contributed by atoms with Crippen LogP contribution in [0.2, 0.25) is 0 Å². The summed E-state index contributed by atoms with van der Waals surface area (Å²) in [5, 5.41) is 7.04. The van der Waals surface area contributed by atoms with Crippen molar-refractivity contribution in [2.45, 2.75) is 39.2 Å². The van der Waals surface area contributed by atoms with Crippen molar-refractivity contribution in [2.24, 2.45) is 0 Å². The predicted molar refractivity (Wildman–Crippen MR) is 150 cm³/mol. The smallest absolute Gasteiger partial charge is 0.261 e. The number of carbonyl (C=O) groups excluding carboxylic acids is 2. The molecule has 2 amide bonds. The molecular formula is C29H35F3N6O3. The summed E-state index contributed by atoms with van der Waals surface area (Å²) in [6.07, 6.45) is 5.52. The number of aromatic nitrogens is 3. The van der Waals surface area contributed by atoms with E-state index in [1.165, 1.54) is 46.9 Å². The van der Waals surface area contributed by atoms with Crippen molar-refractivity contribution in [3.05, 3.63) is 77.5 Å². The zero-order valence-corrected chi connectivity index (χ0v) is 23.8. The number of unbranched alkanes of at least 4 members (excludes halogenated alkanes) is 1. The second-order valence-electron chi connectivity index (χ2n) is 9.59. The first-order valence-electron chi connectivity index (χ1n) is 13.1. The Kier molecular flexibility index (Phi) is 10.9. The summed E-state index contributed by atoms with van der Waals surface area (Å²) in [6, 6.07) is 5.75. The van der Waals surface area contributed by atoms with Crippen molar-refractivity contribution < 1.29 is 27.5 Å². The third kappa shape index (κ3) is 8.09. The van der Waals surface area contributed by atoms with Gasteiger partial charge in [-0.1, -0.05) is 25.5 Å². The van der Waals surface area contributed by atoms with E-state index in [-0.39, 0.29) is 40.6 Å². The number of nitrogens with zero attached hydrogens (tertiary/aromatic N) is 5. The molecule has 2 aromatic heterocycles. The van der Waals surface area contributed by atoms with Gasteiger partial charge < -0.3 is 19.9 Å². The monoisotopic (exact) mass is 572 g/mol. The number of rotatable bonds is 13. The van der Waals surface area contributed by atoms with Crippen LogP contribution in [-0.2, 0) is 4.79 Å². The van der Waals surface area contributed by atoms with Gasteiger partial charge in [0.15, 0.2) is 11.8 Å². The van der Waals surface area contributed by atoms with E-state index >= 15 is 0 Å². The van der Waals surface area contributed by atoms with Gasteiger partial charge in [-0.05, 0) is 30.2 Å². The first-order chi connectivity index (χ1) is 19.5. The second kappa shape index (κ2) is 14.3. The van der Waals surface area contributed by atoms with E-state index in [2.05, 4.69) is 15.4 Å². The van der Waals surface area contributed by atoms with Crippen LogP contribution in [0.1, 0.15) is 54.3 Å². The summed E-state index contributed by atoms with van der Waals surface area (Å²) in [7, 11) is 4.90. The molecular weight excluding hydrogens is 537 g/mol. The standard InChI is InChI=1S/C29H35F3N6O3/c1-6-7-9-21(22-14-20(24(32)15-30)10-11-26(22)41-19(2)31)25(17-37(5)18-27(39)36(3)4)35-29(40)23-16-34-38-13-8-12-33-28(23)38/h8-14,16-17,19,24H,6-7,15,18H2,1-5H3,(H,35,40)/b21-9+,25-17+. The Balaban J connectivity index is 2.19. The van der Waals surface area contributed by atoms with Crippen LogP contribution < -0.4 is 10.1 Å². The Labute approximate surface area is 237 Å². The number of benzene rings is 1. The number of halogens is 3. The maximum absolute atomic E-state index is 14.5. The Morgan fingerprint density at radius 2 is 1.95 bits per heavy atom. The van der Waals surface area contributed by atoms with Gasteiger partial charge in [-0.2, -0.15) is 5.10 Å². The first kappa shape index (κ1) is 31.2. The molecule has 41 heavy (non-hydrogen) atoms. The van der Waals surface area contributed by atoms with Crippen LogP contribution in [0, 0.1) is 0 Å². The number of amides is 2. The van der Waals surface area contributed by atoms with Gasteiger partial charge in [-0.25, -0.2) is 22.7 Å². The highest BCUT2D eigenvalue weighted by atomic mass is 19.2. The van der Waals surface area contributed by atoms with Crippen LogP contribution in [0.5, 0.6) is 5.75 Å². The number of hydrogen-bond donors (Lipinski definition) is 1. The van der Waals surface area contributed by atoms with Gasteiger partial charge in [0.05, 0.1) is 18.4 Å². The number of fused-ring (bicyclic) bond motifs is 1. The zero-order valence-electron chi connectivity index (χ0n) is 23.8. The third-order valence-electron chi connectivity index (χ3n) is 6.01. The normalized spacial score (nSPS) is 13.6. The SMILES string of the molecule is CCC/C=C(/C(=C\N(C)CC(=O)N(C)C)NC(=O)c1cnn2cccnc12)c1cc(C(F)CF)ccc1OC(C)F. The van der Waals surface area contributed by atoms with Gasteiger partial charge >= 0.3 is 0 Å². The molecule has 3 rings (SSSR count). The lowest BCUT2D eigenvalue weighted by Gasteiger charge is -2.23. The van der Waals surface area contributed by atoms with E-state index in [4.69, 9.17) is 4.74 Å². The number of hydrogen-bond acceptors (Lipinski definition) is 6. The van der Waals surface area contributed by atoms with Crippen molar-refractivity contribution in [1.82, 2.24) is 29.7 Å². The zero-order chi connectivity index (χ0) is 30.1. The molecule has 0 saturated heterocycles. The predicted octanol–water partition coefficient (Wildman–Crippen LogP) is 4.88. The van der Waals surface area contributed by atoms with Crippen LogP contribution in [-0.4, -0.2) is 76.9 Å². The van der Waals surface area contributed by atoms with Crippen molar-refractivity contribution in [2.75, 3.05) is 34.4 Å². The number of allylic oxidation sites excluding steroid dienone is 2. The number of nitrogens with one attached hydrogen (secondary N) is 1. The lowest BCUT2D eigenvalue weighted by molar-refractivity contribution is -0.129. The average Bonchev–Trinajstić information content (AvgIpc) is 3.37. The van der Waals surface area contributed by atoms with Gasteiger partial charge in [-0.15, -0.1) is 0 Å². The van der Waals surface area contributed by atoms with Gasteiger partial charge in [0.1, 0.15) is 18.0 Å². The minimum atomic E-state index is -1.91. The molecule has 1 N–H and O–H groups in total. The molecule has 2 heterocycles. The molecule has 0 bridgehead atoms. The fourth-order valence-electron chi connectivity index (χ4n) is 3.94. The molecule has 0 aliphatic rings. The summed E-state index contributed by atoms with van der Waals surface area (Å²) < 4.78 is 48.7. The van der Waals surface area contributed by atoms with Crippen LogP contribution >= 0.6 is 0 Å². The molecule has 2 atom stereocenters. The van der Waals surface area contributed by atoms with Gasteiger partial charge in [-0.3, -0.25) is 9.59 Å². The minimum Gasteiger partial charge on any atom is -0.460 e. The van der Waals surface area contributed by atoms with Crippen LogP contribution in [0.25, 0.3) is 11.2 Å². The van der Waals surface area contributed by atoms with E-state index in [1.54, 1.807) is 50.6 Å². The Morgan fingerprint density at radius 3 is 2.61 bits per heavy atom. The van der Waals surface area contributed by atoms with Crippen LogP contribution in [0.15, 0.2) is 60.8 Å². The largest absolute Gasteiger partial charge is 0.460 e. The number of alkyl halides is 3. The lowest BCUT2D eigenvalue weighted by atomic mass is 9.96. The van der Waals surface area contributed by atoms with Crippen molar-refractivity contribution in [1.29, 1.82) is 0 Å². The summed E-state index contributed by atoms with van der Waals surface area (Å²) in [5.74, 6) is -0.674. The maximum Gasteiger partial charge on any atom is 0.261 e. The van der Waals surface area contributed by atoms with E-state index in [9.17, 15) is 22.8 Å². The minimum absolute atomic E-state index is 0.0228. The van der Waals surface area contributed by atoms with Gasteiger partial charge in [0, 0.05) is 57.8 Å². The van der Waals surface area contributed by atoms with Crippen molar-refractivity contribution >= 4 is 23.0 Å². The second-order valence-corrected chi connectivity index (χ2v) is 9.59. The van der Waals surface area contributed by atoms with Crippen molar-refractivity contribution in [3.8, 4) is 5.75 Å². The van der Waals surface area contributed by atoms with Crippen LogP contribution in [0.3, 0.4) is 0 Å². The molecule has 220 valence electrons. The number of ether oxygens (including phenoxy) is 1. The van der Waals surface area contributed by atoms with Crippen LogP contribution in [0.4, 0.5) is 13.2 Å². The highest BCUT2D eigenvalue weighted by molar-refractivity contribution is 6.02. The molecule has 0 spiro atoms. The van der Waals surface area contributed by atoms with E-state index < -0.39 is 25.1 Å². The quantitative estimate of drug-likeness (QED) is 0.294. The molecule has 0 aliphatic carbocycles. The summed E-state index contributed by atoms with van der Waals surface area (Å²) in [4.78, 5) is 33.2. The number of carbonyl (C=O) groups is 2. The molecule has 3 aromatic rings. The molecule has 1 aromatic carbocycles. The topological polar surface area (TPSA) is 92.1 Å². The summed E-state index contributed by atoms with van der Waals surface area (Å²) in [6.45, 7) is 1.87. The molecule has 0 fully saturated rings. The van der Waals surface area contributed by atoms with Crippen molar-refractivity contribution in [3.63, 3.8) is 0 Å². The Morgan fingerprint density at radius 1 is 1.20 bits per heavy atom. The Hall–Kier alpha value is -4.35. The molecule has 2 unspecified atom stereocenters. The molecule has 9 nitrogen and oxygen atoms in total. The maximum atomic E-state index is 14.5. The third-order valence-corrected chi connectivity index (χ3v) is 6.01. The van der Waals surface area contributed by atoms with E-state index in [0.717, 1.165) is 0 Å². The van der Waals surface area contributed by atoms with Gasteiger partial charge in [0.25, 0.3) is 5.91 Å². The fourth-order valence-corrected chi connectivity index (χ4v) is 3.94. The fraction of sp³-hybridized carbons (Fsp3) is 0.379. The molecule has 0 saturated carbocycles. The average molecular weight is 573 g/mol. The molecule has 0 radical (unpaired) electrons. The highest BCUT2D eigenvalue weighted by Gasteiger charge is 2.23. The van der Waals surface area contributed by atoms with E-state index in [0.29, 0.717) is 24.1 Å². The number of likely N-dealkylation sites (N-methyl/N-ethyl adjacent to an activating group) is 2. The highest BCUT2D eigenvalue weighted by Crippen LogP contribution is 2.35. The van der Waals surface area contributed by atoms with E-state index in [1.807, 2.05) is 6.92 Å². The first-order valence-corrected chi connectivity index (χ1v) is 13.1. The Bertz CT molecular complexity index is 1420. The summed E-state index contributed by atoms with van der Waals surface area (Å²) in [5.41, 5.74) is 1.36. The molecule has 0 aliphatic heterocycles.